The standard InChI is InChI=1S/C11H17N3/c1-4-8(2)13-10-7-9(3)14-6-5-12-11(10)14/h4-6,8-10,13H,1,7H2,2-3H3. The molecular weight excluding hydrogens is 174 g/mol. The summed E-state index contributed by atoms with van der Waals surface area (Å²) < 4.78 is 2.24. The van der Waals surface area contributed by atoms with Crippen molar-refractivity contribution in [2.45, 2.75) is 38.4 Å². The fourth-order valence-electron chi connectivity index (χ4n) is 2.06. The molecule has 2 rings (SSSR count). The van der Waals surface area contributed by atoms with Crippen LogP contribution in [-0.2, 0) is 0 Å². The first-order chi connectivity index (χ1) is 6.72. The van der Waals surface area contributed by atoms with Crippen LogP contribution in [0, 0.1) is 0 Å². The van der Waals surface area contributed by atoms with Gasteiger partial charge in [0, 0.05) is 24.5 Å². The van der Waals surface area contributed by atoms with E-state index in [0.29, 0.717) is 18.1 Å². The number of imidazole rings is 1. The first-order valence-electron chi connectivity index (χ1n) is 5.13. The second-order valence-electron chi connectivity index (χ2n) is 4.02. The van der Waals surface area contributed by atoms with Crippen molar-refractivity contribution in [3.63, 3.8) is 0 Å². The van der Waals surface area contributed by atoms with E-state index in [-0.39, 0.29) is 0 Å². The van der Waals surface area contributed by atoms with Crippen LogP contribution >= 0.6 is 0 Å². The maximum absolute atomic E-state index is 4.38. The maximum atomic E-state index is 4.38. The molecule has 3 heteroatoms. The van der Waals surface area contributed by atoms with Crippen LogP contribution in [0.4, 0.5) is 0 Å². The van der Waals surface area contributed by atoms with Crippen molar-refractivity contribution in [2.24, 2.45) is 0 Å². The number of nitrogens with one attached hydrogen (secondary N) is 1. The zero-order valence-corrected chi connectivity index (χ0v) is 8.77. The van der Waals surface area contributed by atoms with Gasteiger partial charge < -0.3 is 9.88 Å². The summed E-state index contributed by atoms with van der Waals surface area (Å²) in [5.74, 6) is 1.16. The van der Waals surface area contributed by atoms with Gasteiger partial charge >= 0.3 is 0 Å². The number of rotatable bonds is 3. The second kappa shape index (κ2) is 3.58. The number of fused-ring (bicyclic) bond motifs is 1. The van der Waals surface area contributed by atoms with Gasteiger partial charge in [-0.2, -0.15) is 0 Å². The molecule has 0 saturated carbocycles. The molecule has 1 aromatic rings. The number of hydrogen-bond acceptors (Lipinski definition) is 2. The Morgan fingerprint density at radius 1 is 1.79 bits per heavy atom. The van der Waals surface area contributed by atoms with E-state index in [4.69, 9.17) is 0 Å². The topological polar surface area (TPSA) is 29.9 Å². The Morgan fingerprint density at radius 2 is 2.57 bits per heavy atom. The molecule has 0 saturated heterocycles. The summed E-state index contributed by atoms with van der Waals surface area (Å²) in [5.41, 5.74) is 0. The Morgan fingerprint density at radius 3 is 3.29 bits per heavy atom. The Labute approximate surface area is 84.8 Å². The molecule has 3 atom stereocenters. The zero-order valence-electron chi connectivity index (χ0n) is 8.77. The van der Waals surface area contributed by atoms with E-state index in [9.17, 15) is 0 Å². The molecule has 0 aliphatic carbocycles. The minimum atomic E-state index is 0.343. The van der Waals surface area contributed by atoms with Crippen LogP contribution in [0.3, 0.4) is 0 Å². The van der Waals surface area contributed by atoms with Crippen molar-refractivity contribution in [1.29, 1.82) is 0 Å². The Kier molecular flexibility index (Phi) is 2.42. The molecule has 14 heavy (non-hydrogen) atoms. The van der Waals surface area contributed by atoms with Gasteiger partial charge in [0.25, 0.3) is 0 Å². The van der Waals surface area contributed by atoms with Crippen LogP contribution in [0.2, 0.25) is 0 Å². The van der Waals surface area contributed by atoms with Crippen molar-refractivity contribution >= 4 is 0 Å². The lowest BCUT2D eigenvalue weighted by Gasteiger charge is -2.15. The smallest absolute Gasteiger partial charge is 0.126 e. The minimum absolute atomic E-state index is 0.343. The molecule has 3 nitrogen and oxygen atoms in total. The summed E-state index contributed by atoms with van der Waals surface area (Å²) in [7, 11) is 0. The molecule has 0 amide bonds. The lowest BCUT2D eigenvalue weighted by Crippen LogP contribution is -2.27. The third-order valence-electron chi connectivity index (χ3n) is 2.88. The van der Waals surface area contributed by atoms with Gasteiger partial charge in [0.05, 0.1) is 6.04 Å². The Balaban J connectivity index is 2.14. The molecule has 1 aromatic heterocycles. The lowest BCUT2D eigenvalue weighted by atomic mass is 10.1. The highest BCUT2D eigenvalue weighted by molar-refractivity contribution is 5.08. The number of hydrogen-bond donors (Lipinski definition) is 1. The van der Waals surface area contributed by atoms with Crippen molar-refractivity contribution in [3.05, 3.63) is 30.9 Å². The summed E-state index contributed by atoms with van der Waals surface area (Å²) in [6.45, 7) is 8.12. The summed E-state index contributed by atoms with van der Waals surface area (Å²) in [5, 5.41) is 3.50. The van der Waals surface area contributed by atoms with Gasteiger partial charge in [-0.15, -0.1) is 6.58 Å². The first-order valence-corrected chi connectivity index (χ1v) is 5.13. The molecule has 3 unspecified atom stereocenters. The molecule has 2 heterocycles. The molecule has 1 aliphatic heterocycles. The molecule has 0 aromatic carbocycles. The van der Waals surface area contributed by atoms with Crippen molar-refractivity contribution < 1.29 is 0 Å². The van der Waals surface area contributed by atoms with Crippen molar-refractivity contribution in [2.75, 3.05) is 0 Å². The van der Waals surface area contributed by atoms with Crippen LogP contribution < -0.4 is 5.32 Å². The van der Waals surface area contributed by atoms with Crippen LogP contribution in [0.25, 0.3) is 0 Å². The molecule has 76 valence electrons. The summed E-state index contributed by atoms with van der Waals surface area (Å²) in [6, 6.07) is 1.28. The van der Waals surface area contributed by atoms with Crippen LogP contribution in [-0.4, -0.2) is 15.6 Å². The molecule has 0 spiro atoms. The van der Waals surface area contributed by atoms with Gasteiger partial charge in [-0.3, -0.25) is 0 Å². The minimum Gasteiger partial charge on any atom is -0.331 e. The van der Waals surface area contributed by atoms with Gasteiger partial charge in [-0.25, -0.2) is 4.98 Å². The van der Waals surface area contributed by atoms with Gasteiger partial charge in [0.1, 0.15) is 5.82 Å². The predicted octanol–water partition coefficient (Wildman–Crippen LogP) is 2.05. The fraction of sp³-hybridized carbons (Fsp3) is 0.545. The van der Waals surface area contributed by atoms with E-state index in [1.54, 1.807) is 0 Å². The molecular formula is C11H17N3. The highest BCUT2D eigenvalue weighted by Crippen LogP contribution is 2.32. The van der Waals surface area contributed by atoms with E-state index in [0.717, 1.165) is 12.2 Å². The fourth-order valence-corrected chi connectivity index (χ4v) is 2.06. The molecule has 1 aliphatic rings. The normalized spacial score (nSPS) is 27.3. The highest BCUT2D eigenvalue weighted by Gasteiger charge is 2.28. The van der Waals surface area contributed by atoms with Gasteiger partial charge in [-0.05, 0) is 20.3 Å². The van der Waals surface area contributed by atoms with E-state index in [2.05, 4.69) is 41.5 Å². The van der Waals surface area contributed by atoms with E-state index >= 15 is 0 Å². The highest BCUT2D eigenvalue weighted by atomic mass is 15.2. The average molecular weight is 191 g/mol. The van der Waals surface area contributed by atoms with Crippen LogP contribution in [0.15, 0.2) is 25.0 Å². The Bertz CT molecular complexity index is 329. The van der Waals surface area contributed by atoms with E-state index in [1.807, 2.05) is 12.3 Å². The average Bonchev–Trinajstić information content (AvgIpc) is 2.72. The summed E-state index contributed by atoms with van der Waals surface area (Å²) in [4.78, 5) is 4.38. The Hall–Kier alpha value is -1.09. The predicted molar refractivity (Wildman–Crippen MR) is 57.1 cm³/mol. The second-order valence-corrected chi connectivity index (χ2v) is 4.02. The molecule has 0 fully saturated rings. The molecule has 1 N–H and O–H groups in total. The monoisotopic (exact) mass is 191 g/mol. The number of aromatic nitrogens is 2. The first kappa shape index (κ1) is 9.46. The SMILES string of the molecule is C=CC(C)NC1CC(C)n2ccnc21. The van der Waals surface area contributed by atoms with Crippen LogP contribution in [0.5, 0.6) is 0 Å². The van der Waals surface area contributed by atoms with Gasteiger partial charge in [0.2, 0.25) is 0 Å². The third kappa shape index (κ3) is 1.48. The lowest BCUT2D eigenvalue weighted by molar-refractivity contribution is 0.464. The largest absolute Gasteiger partial charge is 0.331 e. The number of nitrogens with zero attached hydrogens (tertiary/aromatic N) is 2. The van der Waals surface area contributed by atoms with E-state index in [1.165, 1.54) is 0 Å². The summed E-state index contributed by atoms with van der Waals surface area (Å²) >= 11 is 0. The van der Waals surface area contributed by atoms with E-state index < -0.39 is 0 Å². The molecule has 0 radical (unpaired) electrons. The van der Waals surface area contributed by atoms with Crippen LogP contribution in [0.1, 0.15) is 38.2 Å². The zero-order chi connectivity index (χ0) is 10.1. The third-order valence-corrected chi connectivity index (χ3v) is 2.88. The van der Waals surface area contributed by atoms with Crippen molar-refractivity contribution in [3.8, 4) is 0 Å². The van der Waals surface area contributed by atoms with Crippen molar-refractivity contribution in [1.82, 2.24) is 14.9 Å². The maximum Gasteiger partial charge on any atom is 0.126 e. The van der Waals surface area contributed by atoms with Gasteiger partial charge in [0.15, 0.2) is 0 Å². The summed E-state index contributed by atoms with van der Waals surface area (Å²) in [6.07, 6.45) is 6.98. The molecule has 0 bridgehead atoms. The quantitative estimate of drug-likeness (QED) is 0.741. The van der Waals surface area contributed by atoms with Gasteiger partial charge in [-0.1, -0.05) is 6.08 Å².